The second-order valence-electron chi connectivity index (χ2n) is 31.5. The molecule has 528 valence electrons. The Morgan fingerprint density at radius 2 is 0.509 bits per heavy atom. The lowest BCUT2D eigenvalue weighted by Gasteiger charge is -2.39. The molecule has 12 aliphatic rings. The summed E-state index contributed by atoms with van der Waals surface area (Å²) in [5, 5.41) is 0. The minimum atomic E-state index is 0.884. The van der Waals surface area contributed by atoms with E-state index in [4.69, 9.17) is 29.9 Å². The van der Waals surface area contributed by atoms with Gasteiger partial charge in [0.25, 0.3) is 0 Å². The van der Waals surface area contributed by atoms with Gasteiger partial charge in [-0.05, 0) is 255 Å². The summed E-state index contributed by atoms with van der Waals surface area (Å²) < 4.78 is 0. The van der Waals surface area contributed by atoms with E-state index < -0.39 is 0 Å². The first kappa shape index (κ1) is 62.1. The highest BCUT2D eigenvalue weighted by atomic mass is 15.2. The third-order valence-corrected chi connectivity index (χ3v) is 25.5. The molecule has 4 aliphatic carbocycles. The largest absolute Gasteiger partial charge is 0.308 e. The molecule has 8 aromatic heterocycles. The van der Waals surface area contributed by atoms with Crippen molar-refractivity contribution in [2.45, 2.75) is 77.0 Å². The maximum Gasteiger partial charge on any atom is 0.141 e. The van der Waals surface area contributed by atoms with E-state index in [0.717, 1.165) is 111 Å². The van der Waals surface area contributed by atoms with E-state index in [1.54, 1.807) is 0 Å². The fourth-order valence-corrected chi connectivity index (χ4v) is 21.2. The SMILES string of the molecule is c1ccc2c(c1)Cc1cc3c4c(c1-2)Cc1ncccc1N4c1cccnc1C3.c1ccc2c(c1)Cc1cc3c4c(c1-2)Cc1ncccc1N4c1ccncc1C3.c1ccc2c(c1)Cc1cc3c4c(c1-2)Cc1ncccc1N4c1cnccc1C3.c1ccc2c(c1)Cc1cc3c4c(c1-2)Cc1ncccc1N4c1ncccc1C3. The van der Waals surface area contributed by atoms with Gasteiger partial charge in [0.15, 0.2) is 0 Å². The second-order valence-corrected chi connectivity index (χ2v) is 31.5. The van der Waals surface area contributed by atoms with Crippen LogP contribution in [0.4, 0.5) is 68.4 Å². The number of aromatic nitrogens is 8. The lowest BCUT2D eigenvalue weighted by molar-refractivity contribution is 0.944. The van der Waals surface area contributed by atoms with Crippen LogP contribution < -0.4 is 19.6 Å². The maximum absolute atomic E-state index is 4.78. The number of pyridine rings is 8. The molecule has 0 saturated heterocycles. The Labute approximate surface area is 647 Å². The Bertz CT molecular complexity index is 5990. The summed E-state index contributed by atoms with van der Waals surface area (Å²) in [5.41, 5.74) is 57.7. The van der Waals surface area contributed by atoms with Crippen molar-refractivity contribution < 1.29 is 0 Å². The number of hydrogen-bond acceptors (Lipinski definition) is 12. The third kappa shape index (κ3) is 9.05. The zero-order valence-electron chi connectivity index (χ0n) is 61.3. The second kappa shape index (κ2) is 23.8. The molecule has 0 radical (unpaired) electrons. The molecule has 8 aliphatic heterocycles. The van der Waals surface area contributed by atoms with Crippen LogP contribution in [0.1, 0.15) is 134 Å². The van der Waals surface area contributed by atoms with Crippen LogP contribution in [-0.2, 0) is 77.0 Å². The molecule has 28 rings (SSSR count). The fraction of sp³-hybridized carbons (Fsp3) is 0.120. The van der Waals surface area contributed by atoms with Gasteiger partial charge in [0.05, 0.1) is 97.2 Å². The number of hydrogen-bond donors (Lipinski definition) is 0. The monoisotopic (exact) mass is 1440 g/mol. The van der Waals surface area contributed by atoms with Crippen molar-refractivity contribution in [2.75, 3.05) is 19.6 Å². The molecular formula is C100H68N12. The standard InChI is InChI=1S/4C25H17N3/c1-2-7-19-15(5-1)11-17-13-18-12-16-6-3-10-27-25(16)28-22-8-4-9-26-21(22)14-20(23(17)19)24(18)28;1-2-6-18-15(5-1)11-16-12-17-13-20-22(7-3-9-26-20)28-23-8-4-10-27-21(23)14-19(24(16)18)25(17)28;1-2-5-19-15(4-1)10-16-11-17-12-18-14-26-9-7-22(18)28-23-6-3-8-27-21(23)13-20(24(16)19)25(17)28;1-2-5-19-15(4-1)10-17-12-18-11-16-7-9-26-14-23(16)28-22-6-3-8-27-21(22)13-20(24(17)19)25(18)28/h1-10,13H,11-12,14H2;1-10,12H,11,13-14H2;1-9,11,14H,10,12-13H2;1-9,12,14H,10-11,13H2. The van der Waals surface area contributed by atoms with Gasteiger partial charge < -0.3 is 14.7 Å². The quantitative estimate of drug-likeness (QED) is 0.144. The number of nitrogens with zero attached hydrogens (tertiary/aromatic N) is 12. The molecule has 8 aromatic carbocycles. The average Bonchev–Trinajstić information content (AvgIpc) is 1.71. The highest BCUT2D eigenvalue weighted by molar-refractivity contribution is 6.00. The van der Waals surface area contributed by atoms with Crippen LogP contribution in [-0.4, -0.2) is 39.9 Å². The maximum atomic E-state index is 4.78. The van der Waals surface area contributed by atoms with E-state index in [1.165, 1.54) is 213 Å². The Balaban J connectivity index is 0.0000000847. The van der Waals surface area contributed by atoms with Gasteiger partial charge in [-0.3, -0.25) is 39.8 Å². The normalized spacial score (nSPS) is 14.6. The Kier molecular flexibility index (Phi) is 13.2. The molecule has 0 bridgehead atoms. The van der Waals surface area contributed by atoms with Gasteiger partial charge in [-0.1, -0.05) is 127 Å². The van der Waals surface area contributed by atoms with Gasteiger partial charge in [-0.15, -0.1) is 0 Å². The van der Waals surface area contributed by atoms with Crippen molar-refractivity contribution in [3.05, 3.63) is 402 Å². The van der Waals surface area contributed by atoms with Gasteiger partial charge in [0.2, 0.25) is 0 Å². The van der Waals surface area contributed by atoms with Crippen LogP contribution in [0, 0.1) is 0 Å². The van der Waals surface area contributed by atoms with Gasteiger partial charge in [0, 0.05) is 107 Å². The lowest BCUT2D eigenvalue weighted by Crippen LogP contribution is -2.26. The Hall–Kier alpha value is -13.8. The minimum absolute atomic E-state index is 0.884. The number of rotatable bonds is 0. The third-order valence-electron chi connectivity index (χ3n) is 25.5. The molecule has 0 N–H and O–H groups in total. The topological polar surface area (TPSA) is 116 Å². The molecule has 0 amide bonds. The van der Waals surface area contributed by atoms with Gasteiger partial charge in [-0.2, -0.15) is 0 Å². The molecule has 0 atom stereocenters. The van der Waals surface area contributed by atoms with Gasteiger partial charge in [-0.25, -0.2) is 4.98 Å². The van der Waals surface area contributed by atoms with E-state index in [-0.39, 0.29) is 0 Å². The van der Waals surface area contributed by atoms with E-state index in [0.29, 0.717) is 0 Å². The van der Waals surface area contributed by atoms with Crippen molar-refractivity contribution in [1.82, 2.24) is 39.9 Å². The van der Waals surface area contributed by atoms with E-state index in [1.807, 2.05) is 98.4 Å². The van der Waals surface area contributed by atoms with Gasteiger partial charge in [0.1, 0.15) is 5.82 Å². The Morgan fingerprint density at radius 3 is 0.955 bits per heavy atom. The molecule has 16 heterocycles. The summed E-state index contributed by atoms with van der Waals surface area (Å²) >= 11 is 0. The molecule has 12 nitrogen and oxygen atoms in total. The number of fused-ring (bicyclic) bond motifs is 32. The van der Waals surface area contributed by atoms with Crippen molar-refractivity contribution in [3.63, 3.8) is 0 Å². The van der Waals surface area contributed by atoms with Crippen LogP contribution in [0.3, 0.4) is 0 Å². The Morgan fingerprint density at radius 1 is 0.196 bits per heavy atom. The van der Waals surface area contributed by atoms with Crippen LogP contribution in [0.25, 0.3) is 44.5 Å². The highest BCUT2D eigenvalue weighted by Gasteiger charge is 2.43. The number of benzene rings is 8. The predicted molar refractivity (Wildman–Crippen MR) is 442 cm³/mol. The zero-order chi connectivity index (χ0) is 73.0. The molecule has 112 heavy (non-hydrogen) atoms. The summed E-state index contributed by atoms with van der Waals surface area (Å²) in [6.07, 6.45) is 30.7. The highest BCUT2D eigenvalue weighted by Crippen LogP contribution is 2.60. The molecule has 0 fully saturated rings. The predicted octanol–water partition coefficient (Wildman–Crippen LogP) is 21.3. The first-order valence-electron chi connectivity index (χ1n) is 39.3. The molecule has 0 unspecified atom stereocenters. The summed E-state index contributed by atoms with van der Waals surface area (Å²) in [6, 6.07) is 74.9. The molecule has 0 spiro atoms. The molecule has 0 saturated carbocycles. The minimum Gasteiger partial charge on any atom is -0.308 e. The van der Waals surface area contributed by atoms with Crippen LogP contribution in [0.2, 0.25) is 0 Å². The first-order valence-corrected chi connectivity index (χ1v) is 39.3. The van der Waals surface area contributed by atoms with Crippen molar-refractivity contribution in [1.29, 1.82) is 0 Å². The smallest absolute Gasteiger partial charge is 0.141 e. The summed E-state index contributed by atoms with van der Waals surface area (Å²) in [4.78, 5) is 47.0. The molecule has 16 aromatic rings. The van der Waals surface area contributed by atoms with E-state index >= 15 is 0 Å². The van der Waals surface area contributed by atoms with Crippen LogP contribution in [0.15, 0.2) is 268 Å². The summed E-state index contributed by atoms with van der Waals surface area (Å²) in [7, 11) is 0. The lowest BCUT2D eigenvalue weighted by atomic mass is 9.83. The summed E-state index contributed by atoms with van der Waals surface area (Å²) in [5.74, 6) is 1.05. The average molecular weight is 1440 g/mol. The van der Waals surface area contributed by atoms with Crippen molar-refractivity contribution in [3.8, 4) is 44.5 Å². The number of anilines is 12. The summed E-state index contributed by atoms with van der Waals surface area (Å²) in [6.45, 7) is 0. The zero-order valence-corrected chi connectivity index (χ0v) is 61.3. The van der Waals surface area contributed by atoms with E-state index in [2.05, 4.69) is 199 Å². The van der Waals surface area contributed by atoms with E-state index in [9.17, 15) is 0 Å². The molecular weight excluding hydrogens is 1370 g/mol. The fourth-order valence-electron chi connectivity index (χ4n) is 21.2. The van der Waals surface area contributed by atoms with Gasteiger partial charge >= 0.3 is 0 Å². The van der Waals surface area contributed by atoms with Crippen LogP contribution >= 0.6 is 0 Å². The molecule has 12 heteroatoms. The van der Waals surface area contributed by atoms with Crippen molar-refractivity contribution >= 4 is 68.4 Å². The van der Waals surface area contributed by atoms with Crippen molar-refractivity contribution in [2.24, 2.45) is 0 Å². The van der Waals surface area contributed by atoms with Crippen LogP contribution in [0.5, 0.6) is 0 Å². The first-order chi connectivity index (χ1) is 55.5.